The van der Waals surface area contributed by atoms with Crippen LogP contribution in [0.3, 0.4) is 0 Å². The molecule has 2 aromatic carbocycles. The van der Waals surface area contributed by atoms with Gasteiger partial charge in [0.2, 0.25) is 0 Å². The molecule has 0 unspecified atom stereocenters. The van der Waals surface area contributed by atoms with Gasteiger partial charge < -0.3 is 18.3 Å². The van der Waals surface area contributed by atoms with Gasteiger partial charge in [-0.2, -0.15) is 0 Å². The van der Waals surface area contributed by atoms with E-state index >= 15 is 0 Å². The molecule has 0 heterocycles. The van der Waals surface area contributed by atoms with Crippen molar-refractivity contribution in [3.05, 3.63) is 54.1 Å². The molecule has 43 heavy (non-hydrogen) atoms. The van der Waals surface area contributed by atoms with Crippen LogP contribution < -0.4 is 14.2 Å². The van der Waals surface area contributed by atoms with Gasteiger partial charge in [-0.1, -0.05) is 65.2 Å². The van der Waals surface area contributed by atoms with Gasteiger partial charge in [0.15, 0.2) is 22.8 Å². The first-order chi connectivity index (χ1) is 20.3. The summed E-state index contributed by atoms with van der Waals surface area (Å²) in [7, 11) is -2.92. The highest BCUT2D eigenvalue weighted by Gasteiger charge is 2.29. The maximum atomic E-state index is 14.0. The van der Waals surface area contributed by atoms with Crippen LogP contribution in [0.25, 0.3) is 0 Å². The number of rotatable bonds is 20. The molecule has 2 aromatic rings. The number of carbonyl (C=O) groups excluding carboxylic acids is 2. The van der Waals surface area contributed by atoms with E-state index in [2.05, 4.69) is 32.7 Å². The minimum atomic E-state index is -1.68. The fourth-order valence-electron chi connectivity index (χ4n) is 4.82. The minimum Gasteiger partial charge on any atom is -0.494 e. The monoisotopic (exact) mass is 632 g/mol. The number of unbranched alkanes of at least 4 members (excludes halogenated alkanes) is 7. The van der Waals surface area contributed by atoms with Crippen LogP contribution in [0.4, 0.5) is 4.39 Å². The summed E-state index contributed by atoms with van der Waals surface area (Å²) in [6.45, 7) is 15.7. The van der Waals surface area contributed by atoms with Crippen LogP contribution in [0, 0.1) is 5.92 Å². The van der Waals surface area contributed by atoms with Gasteiger partial charge in [0.1, 0.15) is 17.2 Å². The second kappa shape index (κ2) is 18.3. The number of alkyl halides is 1. The lowest BCUT2D eigenvalue weighted by Crippen LogP contribution is -2.42. The fourth-order valence-corrected chi connectivity index (χ4v) is 13.0. The Hall–Kier alpha value is -2.50. The highest BCUT2D eigenvalue weighted by Crippen LogP contribution is 2.23. The Labute approximate surface area is 260 Å². The first-order valence-corrected chi connectivity index (χ1v) is 22.4. The van der Waals surface area contributed by atoms with E-state index < -0.39 is 40.7 Å². The van der Waals surface area contributed by atoms with Crippen molar-refractivity contribution < 1.29 is 32.3 Å². The van der Waals surface area contributed by atoms with E-state index in [1.807, 2.05) is 6.92 Å². The molecular formula is C34H53FO6Si2. The van der Waals surface area contributed by atoms with Crippen LogP contribution in [0.15, 0.2) is 48.5 Å². The first kappa shape index (κ1) is 36.7. The number of benzene rings is 2. The van der Waals surface area contributed by atoms with Crippen LogP contribution in [0.1, 0.15) is 82.0 Å². The largest absolute Gasteiger partial charge is 0.494 e. The van der Waals surface area contributed by atoms with Crippen LogP contribution in [-0.4, -0.2) is 41.4 Å². The lowest BCUT2D eigenvalue weighted by molar-refractivity contribution is -0.141. The molecule has 2 rings (SSSR count). The van der Waals surface area contributed by atoms with Crippen molar-refractivity contribution >= 4 is 28.6 Å². The normalized spacial score (nSPS) is 13.3. The maximum absolute atomic E-state index is 14.0. The molecule has 0 aromatic heterocycles. The van der Waals surface area contributed by atoms with Gasteiger partial charge in [-0.3, -0.25) is 0 Å². The topological polar surface area (TPSA) is 71.1 Å². The molecule has 0 saturated heterocycles. The van der Waals surface area contributed by atoms with E-state index in [0.29, 0.717) is 24.3 Å². The Kier molecular flexibility index (Phi) is 15.7. The molecule has 0 aliphatic rings. The van der Waals surface area contributed by atoms with Crippen molar-refractivity contribution in [3.63, 3.8) is 0 Å². The van der Waals surface area contributed by atoms with E-state index in [9.17, 15) is 14.0 Å². The summed E-state index contributed by atoms with van der Waals surface area (Å²) in [5.41, 5.74) is 0.395. The van der Waals surface area contributed by atoms with E-state index in [-0.39, 0.29) is 5.75 Å². The van der Waals surface area contributed by atoms with Crippen molar-refractivity contribution in [1.29, 1.82) is 0 Å². The van der Waals surface area contributed by atoms with E-state index in [1.165, 1.54) is 68.8 Å². The zero-order valence-electron chi connectivity index (χ0n) is 27.4. The van der Waals surface area contributed by atoms with Crippen LogP contribution in [0.5, 0.6) is 17.2 Å². The minimum absolute atomic E-state index is 0.192. The van der Waals surface area contributed by atoms with Gasteiger partial charge in [-0.25, -0.2) is 14.0 Å². The summed E-state index contributed by atoms with van der Waals surface area (Å²) in [6.07, 6.45) is 8.72. The fraction of sp³-hybridized carbons (Fsp3) is 0.588. The number of ether oxygens (including phenoxy) is 3. The van der Waals surface area contributed by atoms with Gasteiger partial charge in [-0.05, 0) is 99.6 Å². The van der Waals surface area contributed by atoms with Crippen molar-refractivity contribution in [3.8, 4) is 17.2 Å². The molecule has 0 radical (unpaired) electrons. The third kappa shape index (κ3) is 15.2. The lowest BCUT2D eigenvalue weighted by Gasteiger charge is -2.31. The summed E-state index contributed by atoms with van der Waals surface area (Å²) >= 11 is 0. The molecule has 0 aliphatic carbocycles. The summed E-state index contributed by atoms with van der Waals surface area (Å²) in [6, 6.07) is 14.1. The van der Waals surface area contributed by atoms with Gasteiger partial charge in [0.25, 0.3) is 0 Å². The average molecular weight is 633 g/mol. The summed E-state index contributed by atoms with van der Waals surface area (Å²) in [5, 5.41) is 0. The van der Waals surface area contributed by atoms with Crippen LogP contribution in [0.2, 0.25) is 38.8 Å². The van der Waals surface area contributed by atoms with Gasteiger partial charge in [0.05, 0.1) is 12.2 Å². The van der Waals surface area contributed by atoms with E-state index in [0.717, 1.165) is 18.6 Å². The molecule has 0 amide bonds. The second-order valence-corrected chi connectivity index (χ2v) is 22.1. The number of hydrogen-bond donors (Lipinski definition) is 0. The number of carbonyl (C=O) groups is 2. The molecule has 0 saturated carbocycles. The first-order valence-electron chi connectivity index (χ1n) is 15.9. The molecule has 6 nitrogen and oxygen atoms in total. The summed E-state index contributed by atoms with van der Waals surface area (Å²) in [5.74, 6) is -0.649. The molecule has 0 bridgehead atoms. The Bertz CT molecular complexity index is 1100. The van der Waals surface area contributed by atoms with Crippen molar-refractivity contribution in [1.82, 2.24) is 0 Å². The number of esters is 2. The maximum Gasteiger partial charge on any atom is 0.346 e. The standard InChI is InChI=1S/C34H53FO6Si2/c1-8-27(2)32(35)34(37)40-31-23-21-30(22-24-31)39-33(36)28-17-19-29(20-18-28)38-25-15-13-11-9-10-12-14-16-26-43(6,7)41-42(3,4)5/h17-24,27,32H,8-16,25-26H2,1-7H3/t27-,32-/m0/s1. The molecular weight excluding hydrogens is 580 g/mol. The predicted molar refractivity (Wildman–Crippen MR) is 177 cm³/mol. The second-order valence-electron chi connectivity index (χ2n) is 13.0. The zero-order chi connectivity index (χ0) is 31.9. The molecule has 0 spiro atoms. The lowest BCUT2D eigenvalue weighted by atomic mass is 10.0. The van der Waals surface area contributed by atoms with Crippen molar-refractivity contribution in [2.24, 2.45) is 5.92 Å². The van der Waals surface area contributed by atoms with Gasteiger partial charge >= 0.3 is 11.9 Å². The number of hydrogen-bond acceptors (Lipinski definition) is 6. The predicted octanol–water partition coefficient (Wildman–Crippen LogP) is 9.75. The van der Waals surface area contributed by atoms with Crippen molar-refractivity contribution in [2.45, 2.75) is 117 Å². The quantitative estimate of drug-likeness (QED) is 0.0626. The molecule has 240 valence electrons. The zero-order valence-corrected chi connectivity index (χ0v) is 29.4. The Morgan fingerprint density at radius 1 is 0.721 bits per heavy atom. The number of halogens is 1. The Morgan fingerprint density at radius 3 is 1.74 bits per heavy atom. The smallest absolute Gasteiger partial charge is 0.346 e. The average Bonchev–Trinajstić information content (AvgIpc) is 2.95. The van der Waals surface area contributed by atoms with Gasteiger partial charge in [-0.15, -0.1) is 0 Å². The molecule has 2 atom stereocenters. The third-order valence-electron chi connectivity index (χ3n) is 7.24. The highest BCUT2D eigenvalue weighted by molar-refractivity contribution is 6.84. The highest BCUT2D eigenvalue weighted by atomic mass is 28.4. The van der Waals surface area contributed by atoms with Crippen LogP contribution >= 0.6 is 0 Å². The Balaban J connectivity index is 1.58. The third-order valence-corrected chi connectivity index (χ3v) is 13.5. The molecule has 0 aliphatic heterocycles. The molecule has 9 heteroatoms. The summed E-state index contributed by atoms with van der Waals surface area (Å²) in [4.78, 5) is 24.4. The van der Waals surface area contributed by atoms with Crippen LogP contribution in [-0.2, 0) is 8.91 Å². The molecule has 0 fully saturated rings. The van der Waals surface area contributed by atoms with E-state index in [1.54, 1.807) is 31.2 Å². The van der Waals surface area contributed by atoms with Crippen molar-refractivity contribution in [2.75, 3.05) is 6.61 Å². The van der Waals surface area contributed by atoms with Gasteiger partial charge in [0, 0.05) is 0 Å². The SMILES string of the molecule is CC[C@H](C)[C@H](F)C(=O)Oc1ccc(OC(=O)c2ccc(OCCCCCCCCCC[Si](C)(C)O[Si](C)(C)C)cc2)cc1. The Morgan fingerprint density at radius 2 is 1.21 bits per heavy atom. The molecule has 0 N–H and O–H groups in total. The summed E-state index contributed by atoms with van der Waals surface area (Å²) < 4.78 is 36.8. The van der Waals surface area contributed by atoms with E-state index in [4.69, 9.17) is 18.3 Å².